The molecule has 0 saturated carbocycles. The van der Waals surface area contributed by atoms with Crippen LogP contribution in [0.25, 0.3) is 0 Å². The molecule has 2 heterocycles. The van der Waals surface area contributed by atoms with Crippen LogP contribution < -0.4 is 20.7 Å². The Morgan fingerprint density at radius 3 is 2.85 bits per heavy atom. The third-order valence-electron chi connectivity index (χ3n) is 3.72. The van der Waals surface area contributed by atoms with E-state index in [9.17, 15) is 14.0 Å². The number of hydrogen-bond donors (Lipinski definition) is 2. The summed E-state index contributed by atoms with van der Waals surface area (Å²) in [6.45, 7) is 6.82. The Labute approximate surface area is 151 Å². The van der Waals surface area contributed by atoms with Gasteiger partial charge in [0, 0.05) is 25.4 Å². The van der Waals surface area contributed by atoms with Gasteiger partial charge < -0.3 is 25.4 Å². The van der Waals surface area contributed by atoms with E-state index in [1.807, 2.05) is 20.8 Å². The van der Waals surface area contributed by atoms with Gasteiger partial charge in [0.15, 0.2) is 11.6 Å². The second kappa shape index (κ2) is 8.20. The SMILES string of the molecule is CC(C)(C)CC(COc1ccnc(N2CCNC(=O)C2)c1F)OC(N)=O. The quantitative estimate of drug-likeness (QED) is 0.787. The summed E-state index contributed by atoms with van der Waals surface area (Å²) in [5.41, 5.74) is 4.97. The lowest BCUT2D eigenvalue weighted by Gasteiger charge is -2.28. The molecule has 0 aromatic carbocycles. The fourth-order valence-corrected chi connectivity index (χ4v) is 2.73. The minimum Gasteiger partial charge on any atom is -0.486 e. The number of piperazine rings is 1. The van der Waals surface area contributed by atoms with Gasteiger partial charge in [0.2, 0.25) is 11.7 Å². The van der Waals surface area contributed by atoms with E-state index in [4.69, 9.17) is 15.2 Å². The zero-order valence-corrected chi connectivity index (χ0v) is 15.3. The van der Waals surface area contributed by atoms with E-state index >= 15 is 0 Å². The minimum atomic E-state index is -0.905. The number of rotatable bonds is 6. The van der Waals surface area contributed by atoms with Crippen molar-refractivity contribution in [2.75, 3.05) is 31.1 Å². The lowest BCUT2D eigenvalue weighted by atomic mass is 9.89. The highest BCUT2D eigenvalue weighted by atomic mass is 19.1. The monoisotopic (exact) mass is 368 g/mol. The van der Waals surface area contributed by atoms with Gasteiger partial charge in [0.1, 0.15) is 12.7 Å². The fraction of sp³-hybridized carbons (Fsp3) is 0.588. The van der Waals surface area contributed by atoms with Crippen molar-refractivity contribution >= 4 is 17.8 Å². The predicted molar refractivity (Wildman–Crippen MR) is 93.4 cm³/mol. The summed E-state index contributed by atoms with van der Waals surface area (Å²) in [6.07, 6.45) is 0.401. The van der Waals surface area contributed by atoms with Crippen LogP contribution in [0.5, 0.6) is 5.75 Å². The summed E-state index contributed by atoms with van der Waals surface area (Å²) in [5, 5.41) is 2.67. The van der Waals surface area contributed by atoms with Crippen molar-refractivity contribution < 1.29 is 23.5 Å². The van der Waals surface area contributed by atoms with Crippen molar-refractivity contribution in [2.24, 2.45) is 11.1 Å². The number of aromatic nitrogens is 1. The number of hydrogen-bond acceptors (Lipinski definition) is 6. The van der Waals surface area contributed by atoms with Crippen molar-refractivity contribution in [1.82, 2.24) is 10.3 Å². The number of nitrogens with one attached hydrogen (secondary N) is 1. The van der Waals surface area contributed by atoms with Gasteiger partial charge in [0.05, 0.1) is 6.54 Å². The average Bonchev–Trinajstić information content (AvgIpc) is 2.51. The van der Waals surface area contributed by atoms with Crippen LogP contribution in [0.3, 0.4) is 0 Å². The molecule has 1 fully saturated rings. The third-order valence-corrected chi connectivity index (χ3v) is 3.72. The first-order valence-electron chi connectivity index (χ1n) is 8.41. The summed E-state index contributed by atoms with van der Waals surface area (Å²) in [4.78, 5) is 28.1. The molecule has 1 aromatic heterocycles. The molecule has 1 saturated heterocycles. The molecule has 3 N–H and O–H groups in total. The predicted octanol–water partition coefficient (Wildman–Crippen LogP) is 1.44. The van der Waals surface area contributed by atoms with E-state index < -0.39 is 18.0 Å². The number of carbonyl (C=O) groups excluding carboxylic acids is 2. The van der Waals surface area contributed by atoms with Gasteiger partial charge in [-0.15, -0.1) is 0 Å². The summed E-state index contributed by atoms with van der Waals surface area (Å²) >= 11 is 0. The zero-order valence-electron chi connectivity index (χ0n) is 15.3. The molecule has 0 aliphatic carbocycles. The van der Waals surface area contributed by atoms with Gasteiger partial charge in [-0.25, -0.2) is 9.78 Å². The number of primary amides is 1. The van der Waals surface area contributed by atoms with E-state index in [-0.39, 0.29) is 36.0 Å². The van der Waals surface area contributed by atoms with Crippen LogP contribution in [0.2, 0.25) is 0 Å². The maximum atomic E-state index is 14.7. The van der Waals surface area contributed by atoms with Crippen LogP contribution in [0.4, 0.5) is 15.0 Å². The number of pyridine rings is 1. The molecule has 144 valence electrons. The highest BCUT2D eigenvalue weighted by Crippen LogP contribution is 2.27. The van der Waals surface area contributed by atoms with Gasteiger partial charge in [-0.2, -0.15) is 4.39 Å². The van der Waals surface area contributed by atoms with Gasteiger partial charge in [-0.05, 0) is 11.8 Å². The second-order valence-electron chi connectivity index (χ2n) is 7.35. The number of halogens is 1. The van der Waals surface area contributed by atoms with Gasteiger partial charge >= 0.3 is 6.09 Å². The van der Waals surface area contributed by atoms with Crippen molar-refractivity contribution in [2.45, 2.75) is 33.3 Å². The molecule has 1 aliphatic rings. The summed E-state index contributed by atoms with van der Waals surface area (Å²) in [5.74, 6) is -0.812. The molecule has 1 atom stereocenters. The van der Waals surface area contributed by atoms with Crippen molar-refractivity contribution in [3.63, 3.8) is 0 Å². The summed E-state index contributed by atoms with van der Waals surface area (Å²) in [6, 6.07) is 1.39. The largest absolute Gasteiger partial charge is 0.486 e. The van der Waals surface area contributed by atoms with E-state index in [2.05, 4.69) is 10.3 Å². The van der Waals surface area contributed by atoms with Crippen molar-refractivity contribution in [1.29, 1.82) is 0 Å². The number of nitrogens with two attached hydrogens (primary N) is 1. The lowest BCUT2D eigenvalue weighted by molar-refractivity contribution is -0.120. The van der Waals surface area contributed by atoms with Gasteiger partial charge in [-0.3, -0.25) is 4.79 Å². The topological polar surface area (TPSA) is 107 Å². The van der Waals surface area contributed by atoms with Crippen LogP contribution in [-0.4, -0.2) is 49.3 Å². The smallest absolute Gasteiger partial charge is 0.404 e. The molecule has 1 aromatic rings. The molecule has 9 heteroatoms. The van der Waals surface area contributed by atoms with Crippen LogP contribution in [0.15, 0.2) is 12.3 Å². The Balaban J connectivity index is 2.09. The molecule has 0 bridgehead atoms. The van der Waals surface area contributed by atoms with Crippen LogP contribution in [-0.2, 0) is 9.53 Å². The molecule has 1 aliphatic heterocycles. The van der Waals surface area contributed by atoms with E-state index in [0.29, 0.717) is 19.5 Å². The highest BCUT2D eigenvalue weighted by molar-refractivity contribution is 5.82. The Kier molecular flexibility index (Phi) is 6.23. The number of carbonyl (C=O) groups is 2. The Bertz CT molecular complexity index is 663. The van der Waals surface area contributed by atoms with E-state index in [1.165, 1.54) is 12.3 Å². The molecule has 2 amide bonds. The zero-order chi connectivity index (χ0) is 19.3. The molecule has 1 unspecified atom stereocenters. The number of amides is 2. The molecule has 26 heavy (non-hydrogen) atoms. The standard InChI is InChI=1S/C17H25FN4O4/c1-17(2,3)8-11(26-16(19)24)10-25-12-4-5-21-15(14(12)18)22-7-6-20-13(23)9-22/h4-5,11H,6-10H2,1-3H3,(H2,19,24)(H,20,23). The van der Waals surface area contributed by atoms with Crippen molar-refractivity contribution in [3.8, 4) is 5.75 Å². The van der Waals surface area contributed by atoms with E-state index in [1.54, 1.807) is 4.90 Å². The fourth-order valence-electron chi connectivity index (χ4n) is 2.73. The molecular weight excluding hydrogens is 343 g/mol. The molecular formula is C17H25FN4O4. The number of nitrogens with zero attached hydrogens (tertiary/aromatic N) is 2. The lowest BCUT2D eigenvalue weighted by Crippen LogP contribution is -2.48. The first-order valence-corrected chi connectivity index (χ1v) is 8.41. The Morgan fingerprint density at radius 1 is 1.50 bits per heavy atom. The van der Waals surface area contributed by atoms with Crippen LogP contribution in [0.1, 0.15) is 27.2 Å². The molecule has 0 radical (unpaired) electrons. The Morgan fingerprint density at radius 2 is 2.23 bits per heavy atom. The first-order chi connectivity index (χ1) is 12.2. The number of anilines is 1. The van der Waals surface area contributed by atoms with Crippen LogP contribution in [0, 0.1) is 11.2 Å². The maximum absolute atomic E-state index is 14.7. The van der Waals surface area contributed by atoms with Crippen LogP contribution >= 0.6 is 0 Å². The molecule has 2 rings (SSSR count). The molecule has 0 spiro atoms. The highest BCUT2D eigenvalue weighted by Gasteiger charge is 2.25. The van der Waals surface area contributed by atoms with E-state index in [0.717, 1.165) is 0 Å². The van der Waals surface area contributed by atoms with Gasteiger partial charge in [0.25, 0.3) is 0 Å². The number of ether oxygens (including phenoxy) is 2. The summed E-state index contributed by atoms with van der Waals surface area (Å²) in [7, 11) is 0. The second-order valence-corrected chi connectivity index (χ2v) is 7.35. The first kappa shape index (κ1) is 19.7. The molecule has 8 nitrogen and oxygen atoms in total. The maximum Gasteiger partial charge on any atom is 0.404 e. The van der Waals surface area contributed by atoms with Gasteiger partial charge in [-0.1, -0.05) is 20.8 Å². The average molecular weight is 368 g/mol. The Hall–Kier alpha value is -2.58. The minimum absolute atomic E-state index is 0.0204. The summed E-state index contributed by atoms with van der Waals surface area (Å²) < 4.78 is 25.3. The van der Waals surface area contributed by atoms with Crippen molar-refractivity contribution in [3.05, 3.63) is 18.1 Å². The normalized spacial score (nSPS) is 16.0. The third kappa shape index (κ3) is 5.75.